The maximum absolute atomic E-state index is 15.7. The SMILES string of the molecule is CCOC(=O)C[C@@H]1CC2(CCN(c3cc4c(cc3F)N(C(=O)OC(C)(C)C)CC(C)(C)O4)CC2)c2cc(F)ccc21. The van der Waals surface area contributed by atoms with E-state index in [1.165, 1.54) is 17.0 Å². The van der Waals surface area contributed by atoms with Gasteiger partial charge in [0.1, 0.15) is 28.6 Å². The molecule has 0 radical (unpaired) electrons. The van der Waals surface area contributed by atoms with Crippen molar-refractivity contribution in [3.05, 3.63) is 53.1 Å². The molecular weight excluding hydrogens is 530 g/mol. The van der Waals surface area contributed by atoms with Gasteiger partial charge in [-0.1, -0.05) is 6.07 Å². The van der Waals surface area contributed by atoms with Crippen LogP contribution in [0.5, 0.6) is 5.75 Å². The zero-order valence-electron chi connectivity index (χ0n) is 24.8. The number of halogens is 2. The van der Waals surface area contributed by atoms with Crippen LogP contribution in [0, 0.1) is 11.6 Å². The normalized spacial score (nSPS) is 20.7. The van der Waals surface area contributed by atoms with Crippen LogP contribution in [0.4, 0.5) is 25.0 Å². The van der Waals surface area contributed by atoms with Crippen LogP contribution in [-0.2, 0) is 19.7 Å². The monoisotopic (exact) mass is 570 g/mol. The number of piperidine rings is 1. The minimum atomic E-state index is -0.698. The number of benzene rings is 2. The molecule has 7 nitrogen and oxygen atoms in total. The second-order valence-corrected chi connectivity index (χ2v) is 13.1. The van der Waals surface area contributed by atoms with E-state index < -0.39 is 23.1 Å². The van der Waals surface area contributed by atoms with Crippen LogP contribution in [0.1, 0.15) is 84.3 Å². The molecule has 1 spiro atoms. The average Bonchev–Trinajstić information content (AvgIpc) is 3.14. The van der Waals surface area contributed by atoms with Crippen molar-refractivity contribution in [1.29, 1.82) is 0 Å². The number of anilines is 2. The van der Waals surface area contributed by atoms with Crippen molar-refractivity contribution < 1.29 is 32.6 Å². The molecule has 2 heterocycles. The first-order valence-corrected chi connectivity index (χ1v) is 14.4. The van der Waals surface area contributed by atoms with Crippen LogP contribution < -0.4 is 14.5 Å². The van der Waals surface area contributed by atoms with Crippen molar-refractivity contribution in [1.82, 2.24) is 0 Å². The van der Waals surface area contributed by atoms with E-state index in [4.69, 9.17) is 14.2 Å². The number of rotatable bonds is 4. The first-order valence-electron chi connectivity index (χ1n) is 14.4. The van der Waals surface area contributed by atoms with Gasteiger partial charge >= 0.3 is 12.1 Å². The maximum atomic E-state index is 15.7. The molecule has 5 rings (SSSR count). The van der Waals surface area contributed by atoms with Gasteiger partial charge in [-0.2, -0.15) is 0 Å². The van der Waals surface area contributed by atoms with E-state index >= 15 is 4.39 Å². The number of hydrogen-bond acceptors (Lipinski definition) is 6. The molecule has 0 bridgehead atoms. The fourth-order valence-corrected chi connectivity index (χ4v) is 6.63. The molecule has 41 heavy (non-hydrogen) atoms. The Balaban J connectivity index is 1.39. The predicted octanol–water partition coefficient (Wildman–Crippen LogP) is 6.86. The molecular formula is C32H40F2N2O5. The van der Waals surface area contributed by atoms with Gasteiger partial charge in [0.25, 0.3) is 0 Å². The van der Waals surface area contributed by atoms with Crippen molar-refractivity contribution in [2.75, 3.05) is 36.0 Å². The third kappa shape index (κ3) is 5.86. The van der Waals surface area contributed by atoms with Gasteiger partial charge in [0.2, 0.25) is 0 Å². The third-order valence-corrected chi connectivity index (χ3v) is 8.30. The summed E-state index contributed by atoms with van der Waals surface area (Å²) in [5, 5.41) is 0. The minimum absolute atomic E-state index is 0.0360. The summed E-state index contributed by atoms with van der Waals surface area (Å²) in [5.41, 5.74) is 1.02. The molecule has 0 unspecified atom stereocenters. The molecule has 2 aromatic rings. The number of hydrogen-bond donors (Lipinski definition) is 0. The van der Waals surface area contributed by atoms with Crippen molar-refractivity contribution in [3.63, 3.8) is 0 Å². The van der Waals surface area contributed by atoms with E-state index in [1.807, 2.05) is 18.7 Å². The van der Waals surface area contributed by atoms with Crippen LogP contribution in [0.3, 0.4) is 0 Å². The molecule has 1 saturated heterocycles. The lowest BCUT2D eigenvalue weighted by atomic mass is 9.73. The summed E-state index contributed by atoms with van der Waals surface area (Å²) in [6.45, 7) is 12.6. The first-order chi connectivity index (χ1) is 19.2. The van der Waals surface area contributed by atoms with Gasteiger partial charge in [0.05, 0.1) is 30.9 Å². The minimum Gasteiger partial charge on any atom is -0.484 e. The highest BCUT2D eigenvalue weighted by molar-refractivity contribution is 5.91. The average molecular weight is 571 g/mol. The lowest BCUT2D eigenvalue weighted by molar-refractivity contribution is -0.143. The standard InChI is InChI=1S/C32H40F2N2O5/c1-7-39-28(37)14-20-18-32(23-15-21(33)8-9-22(20)23)10-12-35(13-11-32)25-17-27-26(16-24(25)34)36(19-31(5,6)40-27)29(38)41-30(2,3)4/h8-9,15-17,20H,7,10-14,18-19H2,1-6H3/t20-/m1/s1. The smallest absolute Gasteiger partial charge is 0.415 e. The molecule has 2 aliphatic heterocycles. The van der Waals surface area contributed by atoms with Crippen LogP contribution in [-0.4, -0.2) is 49.5 Å². The number of carbonyl (C=O) groups excluding carboxylic acids is 2. The molecule has 0 N–H and O–H groups in total. The lowest BCUT2D eigenvalue weighted by Crippen LogP contribution is -2.50. The van der Waals surface area contributed by atoms with Gasteiger partial charge in [-0.15, -0.1) is 0 Å². The van der Waals surface area contributed by atoms with Gasteiger partial charge in [-0.25, -0.2) is 13.6 Å². The number of esters is 1. The van der Waals surface area contributed by atoms with E-state index in [-0.39, 0.29) is 36.1 Å². The quantitative estimate of drug-likeness (QED) is 0.375. The molecule has 1 amide bonds. The second kappa shape index (κ2) is 10.5. The Kier molecular flexibility index (Phi) is 7.45. The van der Waals surface area contributed by atoms with Gasteiger partial charge < -0.3 is 19.1 Å². The van der Waals surface area contributed by atoms with Gasteiger partial charge in [-0.05, 0) is 95.4 Å². The summed E-state index contributed by atoms with van der Waals surface area (Å²) in [5.74, 6) is -0.605. The topological polar surface area (TPSA) is 68.3 Å². The Morgan fingerprint density at radius 2 is 1.78 bits per heavy atom. The van der Waals surface area contributed by atoms with Crippen molar-refractivity contribution in [2.45, 2.75) is 89.8 Å². The summed E-state index contributed by atoms with van der Waals surface area (Å²) in [4.78, 5) is 28.8. The zero-order valence-corrected chi connectivity index (χ0v) is 24.8. The molecule has 0 aromatic heterocycles. The highest BCUT2D eigenvalue weighted by Gasteiger charge is 2.47. The van der Waals surface area contributed by atoms with Gasteiger partial charge in [0, 0.05) is 25.2 Å². The third-order valence-electron chi connectivity index (χ3n) is 8.30. The Morgan fingerprint density at radius 3 is 2.44 bits per heavy atom. The lowest BCUT2D eigenvalue weighted by Gasteiger charge is -2.43. The van der Waals surface area contributed by atoms with E-state index in [0.29, 0.717) is 49.7 Å². The van der Waals surface area contributed by atoms with E-state index in [2.05, 4.69) is 0 Å². The van der Waals surface area contributed by atoms with Gasteiger partial charge in [0.15, 0.2) is 0 Å². The molecule has 222 valence electrons. The van der Waals surface area contributed by atoms with E-state index in [0.717, 1.165) is 17.5 Å². The molecule has 9 heteroatoms. The van der Waals surface area contributed by atoms with Crippen LogP contribution in [0.2, 0.25) is 0 Å². The largest absolute Gasteiger partial charge is 0.484 e. The molecule has 2 aromatic carbocycles. The molecule has 1 aliphatic carbocycles. The van der Waals surface area contributed by atoms with Crippen molar-refractivity contribution >= 4 is 23.4 Å². The Labute approximate surface area is 240 Å². The number of fused-ring (bicyclic) bond motifs is 3. The van der Waals surface area contributed by atoms with Crippen molar-refractivity contribution in [2.24, 2.45) is 0 Å². The number of amides is 1. The first kappa shape index (κ1) is 29.1. The fraction of sp³-hybridized carbons (Fsp3) is 0.562. The molecule has 1 atom stereocenters. The Morgan fingerprint density at radius 1 is 1.07 bits per heavy atom. The number of ether oxygens (including phenoxy) is 3. The molecule has 3 aliphatic rings. The fourth-order valence-electron chi connectivity index (χ4n) is 6.63. The van der Waals surface area contributed by atoms with Crippen LogP contribution in [0.15, 0.2) is 30.3 Å². The number of carbonyl (C=O) groups is 2. The van der Waals surface area contributed by atoms with E-state index in [1.54, 1.807) is 45.9 Å². The summed E-state index contributed by atoms with van der Waals surface area (Å²) in [6, 6.07) is 7.89. The van der Waals surface area contributed by atoms with Crippen LogP contribution in [0.25, 0.3) is 0 Å². The summed E-state index contributed by atoms with van der Waals surface area (Å²) < 4.78 is 47.1. The van der Waals surface area contributed by atoms with Crippen LogP contribution >= 0.6 is 0 Å². The second-order valence-electron chi connectivity index (χ2n) is 13.1. The zero-order chi connectivity index (χ0) is 29.7. The predicted molar refractivity (Wildman–Crippen MR) is 153 cm³/mol. The molecule has 1 fully saturated rings. The molecule has 0 saturated carbocycles. The number of nitrogens with zero attached hydrogens (tertiary/aromatic N) is 2. The van der Waals surface area contributed by atoms with Crippen molar-refractivity contribution in [3.8, 4) is 5.75 Å². The van der Waals surface area contributed by atoms with Gasteiger partial charge in [-0.3, -0.25) is 9.69 Å². The summed E-state index contributed by atoms with van der Waals surface area (Å²) >= 11 is 0. The highest BCUT2D eigenvalue weighted by atomic mass is 19.1. The summed E-state index contributed by atoms with van der Waals surface area (Å²) in [7, 11) is 0. The van der Waals surface area contributed by atoms with E-state index in [9.17, 15) is 14.0 Å². The summed E-state index contributed by atoms with van der Waals surface area (Å²) in [6.07, 6.45) is 1.82. The highest BCUT2D eigenvalue weighted by Crippen LogP contribution is 2.54. The Hall–Kier alpha value is -3.36. The maximum Gasteiger partial charge on any atom is 0.415 e. The Bertz CT molecular complexity index is 1340.